The molecule has 18 heavy (non-hydrogen) atoms. The second kappa shape index (κ2) is 5.46. The van der Waals surface area contributed by atoms with Gasteiger partial charge in [0.25, 0.3) is 0 Å². The van der Waals surface area contributed by atoms with Crippen LogP contribution in [0, 0.1) is 6.92 Å². The number of hydrogen-bond donors (Lipinski definition) is 2. The average Bonchev–Trinajstić information content (AvgIpc) is 2.39. The lowest BCUT2D eigenvalue weighted by molar-refractivity contribution is 0.341. The molecule has 5 heteroatoms. The van der Waals surface area contributed by atoms with Gasteiger partial charge in [0.15, 0.2) is 5.82 Å². The second-order valence-electron chi connectivity index (χ2n) is 3.79. The summed E-state index contributed by atoms with van der Waals surface area (Å²) in [5.74, 6) is 7.35. The first-order valence-electron chi connectivity index (χ1n) is 5.79. The number of rotatable bonds is 4. The van der Waals surface area contributed by atoms with E-state index < -0.39 is 0 Å². The molecule has 0 aliphatic rings. The van der Waals surface area contributed by atoms with Gasteiger partial charge in [-0.15, -0.1) is 0 Å². The number of anilines is 1. The van der Waals surface area contributed by atoms with E-state index in [2.05, 4.69) is 15.4 Å². The fourth-order valence-corrected chi connectivity index (χ4v) is 1.70. The van der Waals surface area contributed by atoms with Gasteiger partial charge in [0.05, 0.1) is 12.2 Å². The standard InChI is InChI=1S/C13H16N4O/c1-3-18-11-7-5-4-6-10(11)13-15-9(2)8-12(16-13)17-14/h4-8H,3,14H2,1-2H3,(H,15,16,17). The molecule has 94 valence electrons. The minimum absolute atomic E-state index is 0.587. The molecule has 0 saturated carbocycles. The van der Waals surface area contributed by atoms with Crippen LogP contribution in [-0.4, -0.2) is 16.6 Å². The molecule has 2 aromatic rings. The predicted molar refractivity (Wildman–Crippen MR) is 71.2 cm³/mol. The quantitative estimate of drug-likeness (QED) is 0.636. The maximum absolute atomic E-state index is 5.57. The van der Waals surface area contributed by atoms with Crippen molar-refractivity contribution in [3.05, 3.63) is 36.0 Å². The second-order valence-corrected chi connectivity index (χ2v) is 3.79. The number of para-hydroxylation sites is 1. The topological polar surface area (TPSA) is 73.1 Å². The summed E-state index contributed by atoms with van der Waals surface area (Å²) >= 11 is 0. The molecule has 0 aliphatic heterocycles. The van der Waals surface area contributed by atoms with Crippen LogP contribution in [0.15, 0.2) is 30.3 Å². The fourth-order valence-electron chi connectivity index (χ4n) is 1.70. The zero-order chi connectivity index (χ0) is 13.0. The predicted octanol–water partition coefficient (Wildman–Crippen LogP) is 2.14. The van der Waals surface area contributed by atoms with Crippen LogP contribution in [0.2, 0.25) is 0 Å². The molecule has 5 nitrogen and oxygen atoms in total. The Bertz CT molecular complexity index is 542. The molecule has 0 saturated heterocycles. The van der Waals surface area contributed by atoms with Crippen LogP contribution in [0.1, 0.15) is 12.6 Å². The number of benzene rings is 1. The van der Waals surface area contributed by atoms with Crippen LogP contribution in [0.4, 0.5) is 5.82 Å². The van der Waals surface area contributed by atoms with Gasteiger partial charge in [-0.3, -0.25) is 0 Å². The van der Waals surface area contributed by atoms with Gasteiger partial charge in [0.1, 0.15) is 11.6 Å². The normalized spacial score (nSPS) is 10.2. The summed E-state index contributed by atoms with van der Waals surface area (Å²) in [6, 6.07) is 9.47. The molecule has 0 aliphatic carbocycles. The highest BCUT2D eigenvalue weighted by molar-refractivity contribution is 5.65. The molecule has 2 rings (SSSR count). The van der Waals surface area contributed by atoms with Crippen molar-refractivity contribution in [1.29, 1.82) is 0 Å². The van der Waals surface area contributed by atoms with Crippen molar-refractivity contribution in [1.82, 2.24) is 9.97 Å². The van der Waals surface area contributed by atoms with Crippen molar-refractivity contribution < 1.29 is 4.74 Å². The van der Waals surface area contributed by atoms with Gasteiger partial charge < -0.3 is 10.2 Å². The molecule has 0 fully saturated rings. The Morgan fingerprint density at radius 1 is 1.28 bits per heavy atom. The molecule has 0 radical (unpaired) electrons. The molecular formula is C13H16N4O. The third kappa shape index (κ3) is 2.57. The number of hydrogen-bond acceptors (Lipinski definition) is 5. The van der Waals surface area contributed by atoms with Crippen LogP contribution in [-0.2, 0) is 0 Å². The largest absolute Gasteiger partial charge is 0.493 e. The van der Waals surface area contributed by atoms with E-state index in [1.54, 1.807) is 6.07 Å². The van der Waals surface area contributed by atoms with Gasteiger partial charge in [-0.1, -0.05) is 12.1 Å². The van der Waals surface area contributed by atoms with Crippen molar-refractivity contribution >= 4 is 5.82 Å². The van der Waals surface area contributed by atoms with Crippen LogP contribution in [0.25, 0.3) is 11.4 Å². The molecule has 1 heterocycles. The van der Waals surface area contributed by atoms with E-state index in [-0.39, 0.29) is 0 Å². The van der Waals surface area contributed by atoms with Crippen molar-refractivity contribution in [3.8, 4) is 17.1 Å². The lowest BCUT2D eigenvalue weighted by atomic mass is 10.2. The zero-order valence-corrected chi connectivity index (χ0v) is 10.5. The third-order valence-electron chi connectivity index (χ3n) is 2.43. The smallest absolute Gasteiger partial charge is 0.165 e. The number of ether oxygens (including phenoxy) is 1. The Kier molecular flexibility index (Phi) is 3.74. The lowest BCUT2D eigenvalue weighted by Crippen LogP contribution is -2.10. The van der Waals surface area contributed by atoms with E-state index in [4.69, 9.17) is 10.6 Å². The minimum atomic E-state index is 0.587. The first-order chi connectivity index (χ1) is 8.74. The number of nitrogen functional groups attached to an aromatic ring is 1. The molecule has 3 N–H and O–H groups in total. The monoisotopic (exact) mass is 244 g/mol. The number of nitrogens with one attached hydrogen (secondary N) is 1. The summed E-state index contributed by atoms with van der Waals surface area (Å²) in [4.78, 5) is 8.75. The Balaban J connectivity index is 2.50. The van der Waals surface area contributed by atoms with Crippen LogP contribution < -0.4 is 16.0 Å². The van der Waals surface area contributed by atoms with Crippen molar-refractivity contribution in [2.75, 3.05) is 12.0 Å². The summed E-state index contributed by atoms with van der Waals surface area (Å²) in [5.41, 5.74) is 4.24. The van der Waals surface area contributed by atoms with Gasteiger partial charge in [-0.25, -0.2) is 15.8 Å². The number of nitrogens with two attached hydrogens (primary N) is 1. The summed E-state index contributed by atoms with van der Waals surface area (Å²) < 4.78 is 5.57. The van der Waals surface area contributed by atoms with Gasteiger partial charge in [0, 0.05) is 11.8 Å². The molecule has 0 spiro atoms. The Morgan fingerprint density at radius 3 is 2.78 bits per heavy atom. The van der Waals surface area contributed by atoms with E-state index in [9.17, 15) is 0 Å². The summed E-state index contributed by atoms with van der Waals surface area (Å²) in [5, 5.41) is 0. The van der Waals surface area contributed by atoms with Crippen molar-refractivity contribution in [3.63, 3.8) is 0 Å². The van der Waals surface area contributed by atoms with E-state index in [1.165, 1.54) is 0 Å². The van der Waals surface area contributed by atoms with Crippen LogP contribution in [0.3, 0.4) is 0 Å². The molecule has 1 aromatic heterocycles. The van der Waals surface area contributed by atoms with Crippen molar-refractivity contribution in [2.24, 2.45) is 5.84 Å². The number of aryl methyl sites for hydroxylation is 1. The molecule has 0 amide bonds. The van der Waals surface area contributed by atoms with Gasteiger partial charge >= 0.3 is 0 Å². The highest BCUT2D eigenvalue weighted by Gasteiger charge is 2.09. The number of aromatic nitrogens is 2. The Hall–Kier alpha value is -2.14. The molecule has 0 atom stereocenters. The summed E-state index contributed by atoms with van der Waals surface area (Å²) in [6.07, 6.45) is 0. The Morgan fingerprint density at radius 2 is 2.06 bits per heavy atom. The molecule has 1 aromatic carbocycles. The van der Waals surface area contributed by atoms with E-state index in [1.807, 2.05) is 38.1 Å². The lowest BCUT2D eigenvalue weighted by Gasteiger charge is -2.10. The molecule has 0 unspecified atom stereocenters. The minimum Gasteiger partial charge on any atom is -0.493 e. The number of hydrazine groups is 1. The fraction of sp³-hybridized carbons (Fsp3) is 0.231. The average molecular weight is 244 g/mol. The van der Waals surface area contributed by atoms with Crippen molar-refractivity contribution in [2.45, 2.75) is 13.8 Å². The third-order valence-corrected chi connectivity index (χ3v) is 2.43. The highest BCUT2D eigenvalue weighted by Crippen LogP contribution is 2.27. The van der Waals surface area contributed by atoms with E-state index in [0.717, 1.165) is 17.0 Å². The SMILES string of the molecule is CCOc1ccccc1-c1nc(C)cc(NN)n1. The first kappa shape index (κ1) is 12.3. The highest BCUT2D eigenvalue weighted by atomic mass is 16.5. The van der Waals surface area contributed by atoms with Gasteiger partial charge in [-0.2, -0.15) is 0 Å². The van der Waals surface area contributed by atoms with Crippen LogP contribution in [0.5, 0.6) is 5.75 Å². The molecular weight excluding hydrogens is 228 g/mol. The summed E-state index contributed by atoms with van der Waals surface area (Å²) in [6.45, 7) is 4.45. The van der Waals surface area contributed by atoms with E-state index in [0.29, 0.717) is 18.2 Å². The van der Waals surface area contributed by atoms with Gasteiger partial charge in [0.2, 0.25) is 0 Å². The number of nitrogens with zero attached hydrogens (tertiary/aromatic N) is 2. The maximum Gasteiger partial charge on any atom is 0.165 e. The summed E-state index contributed by atoms with van der Waals surface area (Å²) in [7, 11) is 0. The van der Waals surface area contributed by atoms with Gasteiger partial charge in [-0.05, 0) is 26.0 Å². The van der Waals surface area contributed by atoms with Crippen LogP contribution >= 0.6 is 0 Å². The zero-order valence-electron chi connectivity index (χ0n) is 10.5. The Labute approximate surface area is 106 Å². The maximum atomic E-state index is 5.57. The first-order valence-corrected chi connectivity index (χ1v) is 5.79. The van der Waals surface area contributed by atoms with E-state index >= 15 is 0 Å². The molecule has 0 bridgehead atoms.